The molecule has 2 heteroatoms. The summed E-state index contributed by atoms with van der Waals surface area (Å²) in [5.74, 6) is 1.45. The molecule has 0 radical (unpaired) electrons. The maximum atomic E-state index is 12.3. The number of carbonyl (C=O) groups excluding carboxylic acids is 1. The fourth-order valence-electron chi connectivity index (χ4n) is 4.21. The van der Waals surface area contributed by atoms with Crippen LogP contribution in [0.5, 0.6) is 0 Å². The van der Waals surface area contributed by atoms with Gasteiger partial charge in [-0.2, -0.15) is 0 Å². The number of amides is 1. The van der Waals surface area contributed by atoms with E-state index >= 15 is 0 Å². The first kappa shape index (κ1) is 21.4. The van der Waals surface area contributed by atoms with Crippen molar-refractivity contribution in [3.05, 3.63) is 71.8 Å². The van der Waals surface area contributed by atoms with Crippen molar-refractivity contribution < 1.29 is 4.79 Å². The Bertz CT molecular complexity index is 828. The van der Waals surface area contributed by atoms with E-state index in [0.29, 0.717) is 11.8 Å². The lowest BCUT2D eigenvalue weighted by molar-refractivity contribution is -0.127. The highest BCUT2D eigenvalue weighted by Gasteiger charge is 2.21. The summed E-state index contributed by atoms with van der Waals surface area (Å²) >= 11 is 0. The minimum atomic E-state index is 0.183. The van der Waals surface area contributed by atoms with Crippen molar-refractivity contribution in [2.24, 2.45) is 11.8 Å². The molecule has 0 unspecified atom stereocenters. The molecule has 0 N–H and O–H groups in total. The van der Waals surface area contributed by atoms with Gasteiger partial charge in [-0.25, -0.2) is 0 Å². The van der Waals surface area contributed by atoms with Crippen molar-refractivity contribution in [3.63, 3.8) is 0 Å². The average Bonchev–Trinajstić information content (AvgIpc) is 2.74. The molecule has 1 amide bonds. The van der Waals surface area contributed by atoms with E-state index in [2.05, 4.69) is 69.3 Å². The van der Waals surface area contributed by atoms with Crippen molar-refractivity contribution in [2.45, 2.75) is 52.9 Å². The Morgan fingerprint density at radius 2 is 1.86 bits per heavy atom. The largest absolute Gasteiger partial charge is 0.339 e. The number of carbonyl (C=O) groups is 1. The Balaban J connectivity index is 1.57. The van der Waals surface area contributed by atoms with Gasteiger partial charge in [-0.3, -0.25) is 4.79 Å². The van der Waals surface area contributed by atoms with E-state index in [-0.39, 0.29) is 5.91 Å². The van der Waals surface area contributed by atoms with E-state index < -0.39 is 0 Å². The molecule has 1 heterocycles. The quantitative estimate of drug-likeness (QED) is 0.509. The third-order valence-electron chi connectivity index (χ3n) is 5.95. The highest BCUT2D eigenvalue weighted by atomic mass is 16.2. The van der Waals surface area contributed by atoms with E-state index in [9.17, 15) is 4.79 Å². The van der Waals surface area contributed by atoms with Gasteiger partial charge in [0.05, 0.1) is 0 Å². The molecule has 3 rings (SSSR count). The van der Waals surface area contributed by atoms with Crippen LogP contribution in [0.25, 0.3) is 11.1 Å². The first-order valence-corrected chi connectivity index (χ1v) is 11.2. The molecule has 0 aromatic heterocycles. The molecule has 2 aromatic rings. The number of hydrogen-bond donors (Lipinski definition) is 0. The Morgan fingerprint density at radius 3 is 2.59 bits per heavy atom. The molecule has 2 aromatic carbocycles. The standard InChI is InChI=1S/C27H35NO/c1-4-24-11-5-6-13-26(24)25-12-8-10-23(20-25)19-22-15-17-28(18-16-22)27(29)14-7-9-21(2)3/h5-8,10-14,20-22H,4,9,15-19H2,1-3H3/b14-7+. The number of aryl methyl sites for hydroxylation is 1. The van der Waals surface area contributed by atoms with Gasteiger partial charge in [-0.05, 0) is 72.3 Å². The summed E-state index contributed by atoms with van der Waals surface area (Å²) < 4.78 is 0. The number of allylic oxidation sites excluding steroid dienone is 1. The number of likely N-dealkylation sites (tertiary alicyclic amines) is 1. The first-order chi connectivity index (χ1) is 14.1. The maximum Gasteiger partial charge on any atom is 0.246 e. The van der Waals surface area contributed by atoms with Gasteiger partial charge in [0.25, 0.3) is 0 Å². The third kappa shape index (κ3) is 6.06. The predicted octanol–water partition coefficient (Wildman–Crippen LogP) is 6.30. The van der Waals surface area contributed by atoms with Crippen molar-refractivity contribution >= 4 is 5.91 Å². The van der Waals surface area contributed by atoms with Crippen LogP contribution in [0.2, 0.25) is 0 Å². The molecule has 1 saturated heterocycles. The zero-order valence-corrected chi connectivity index (χ0v) is 18.2. The summed E-state index contributed by atoms with van der Waals surface area (Å²) in [6.45, 7) is 8.34. The van der Waals surface area contributed by atoms with Gasteiger partial charge in [-0.1, -0.05) is 75.4 Å². The molecule has 2 nitrogen and oxygen atoms in total. The second kappa shape index (κ2) is 10.4. The van der Waals surface area contributed by atoms with Gasteiger partial charge < -0.3 is 4.90 Å². The Kier molecular flexibility index (Phi) is 7.69. The number of benzene rings is 2. The minimum Gasteiger partial charge on any atom is -0.339 e. The van der Waals surface area contributed by atoms with Crippen LogP contribution in [0.3, 0.4) is 0 Å². The van der Waals surface area contributed by atoms with Crippen molar-refractivity contribution in [2.75, 3.05) is 13.1 Å². The van der Waals surface area contributed by atoms with Crippen LogP contribution in [0.4, 0.5) is 0 Å². The smallest absolute Gasteiger partial charge is 0.246 e. The van der Waals surface area contributed by atoms with Gasteiger partial charge in [0.1, 0.15) is 0 Å². The van der Waals surface area contributed by atoms with E-state index in [4.69, 9.17) is 0 Å². The van der Waals surface area contributed by atoms with Crippen molar-refractivity contribution in [1.29, 1.82) is 0 Å². The van der Waals surface area contributed by atoms with Gasteiger partial charge in [0.15, 0.2) is 0 Å². The van der Waals surface area contributed by atoms with E-state index in [1.807, 2.05) is 11.0 Å². The molecule has 1 aliphatic heterocycles. The average molecular weight is 390 g/mol. The molecular weight excluding hydrogens is 354 g/mol. The summed E-state index contributed by atoms with van der Waals surface area (Å²) in [5.41, 5.74) is 5.49. The molecule has 0 aliphatic carbocycles. The lowest BCUT2D eigenvalue weighted by Gasteiger charge is -2.31. The van der Waals surface area contributed by atoms with Crippen LogP contribution in [0.15, 0.2) is 60.7 Å². The van der Waals surface area contributed by atoms with Crippen molar-refractivity contribution in [3.8, 4) is 11.1 Å². The maximum absolute atomic E-state index is 12.3. The van der Waals surface area contributed by atoms with Crippen LogP contribution in [-0.2, 0) is 17.6 Å². The third-order valence-corrected chi connectivity index (χ3v) is 5.95. The summed E-state index contributed by atoms with van der Waals surface area (Å²) in [7, 11) is 0. The van der Waals surface area contributed by atoms with E-state index in [1.165, 1.54) is 22.3 Å². The monoisotopic (exact) mass is 389 g/mol. The van der Waals surface area contributed by atoms with Gasteiger partial charge >= 0.3 is 0 Å². The lowest BCUT2D eigenvalue weighted by atomic mass is 9.88. The number of hydrogen-bond acceptors (Lipinski definition) is 1. The van der Waals surface area contributed by atoms with Crippen LogP contribution in [0.1, 0.15) is 51.2 Å². The summed E-state index contributed by atoms with van der Waals surface area (Å²) in [6, 6.07) is 17.7. The van der Waals surface area contributed by atoms with Gasteiger partial charge in [-0.15, -0.1) is 0 Å². The predicted molar refractivity (Wildman–Crippen MR) is 123 cm³/mol. The van der Waals surface area contributed by atoms with Gasteiger partial charge in [0.2, 0.25) is 5.91 Å². The summed E-state index contributed by atoms with van der Waals surface area (Å²) in [4.78, 5) is 14.4. The SMILES string of the molecule is CCc1ccccc1-c1cccc(CC2CCN(C(=O)/C=C/CC(C)C)CC2)c1. The van der Waals surface area contributed by atoms with Crippen LogP contribution in [-0.4, -0.2) is 23.9 Å². The second-order valence-electron chi connectivity index (χ2n) is 8.72. The second-order valence-corrected chi connectivity index (χ2v) is 8.72. The molecule has 0 saturated carbocycles. The van der Waals surface area contributed by atoms with Crippen LogP contribution in [0, 0.1) is 11.8 Å². The molecule has 1 fully saturated rings. The molecular formula is C27H35NO. The number of nitrogens with zero attached hydrogens (tertiary/aromatic N) is 1. The Morgan fingerprint density at radius 1 is 1.10 bits per heavy atom. The fourth-order valence-corrected chi connectivity index (χ4v) is 4.21. The van der Waals surface area contributed by atoms with Crippen LogP contribution < -0.4 is 0 Å². The Labute approximate surface area is 176 Å². The number of piperidine rings is 1. The molecule has 0 bridgehead atoms. The topological polar surface area (TPSA) is 20.3 Å². The van der Waals surface area contributed by atoms with E-state index in [1.54, 1.807) is 6.08 Å². The zero-order valence-electron chi connectivity index (χ0n) is 18.2. The number of rotatable bonds is 7. The molecule has 154 valence electrons. The summed E-state index contributed by atoms with van der Waals surface area (Å²) in [5, 5.41) is 0. The highest BCUT2D eigenvalue weighted by Crippen LogP contribution is 2.27. The molecule has 1 aliphatic rings. The normalized spacial score (nSPS) is 15.4. The zero-order chi connectivity index (χ0) is 20.6. The molecule has 0 spiro atoms. The van der Waals surface area contributed by atoms with Crippen molar-refractivity contribution in [1.82, 2.24) is 4.90 Å². The van der Waals surface area contributed by atoms with E-state index in [0.717, 1.165) is 45.2 Å². The van der Waals surface area contributed by atoms with Gasteiger partial charge in [0, 0.05) is 13.1 Å². The molecule has 29 heavy (non-hydrogen) atoms. The minimum absolute atomic E-state index is 0.183. The first-order valence-electron chi connectivity index (χ1n) is 11.2. The van der Waals surface area contributed by atoms with Crippen LogP contribution >= 0.6 is 0 Å². The molecule has 0 atom stereocenters. The highest BCUT2D eigenvalue weighted by molar-refractivity contribution is 5.87. The summed E-state index contributed by atoms with van der Waals surface area (Å²) in [6.07, 6.45) is 9.12. The lowest BCUT2D eigenvalue weighted by Crippen LogP contribution is -2.38. The fraction of sp³-hybridized carbons (Fsp3) is 0.444. The Hall–Kier alpha value is -2.35.